The highest BCUT2D eigenvalue weighted by Crippen LogP contribution is 2.29. The highest BCUT2D eigenvalue weighted by molar-refractivity contribution is 5.85. The van der Waals surface area contributed by atoms with Crippen molar-refractivity contribution in [3.63, 3.8) is 0 Å². The van der Waals surface area contributed by atoms with Crippen LogP contribution in [-0.2, 0) is 0 Å². The highest BCUT2D eigenvalue weighted by atomic mass is 35.5. The molecule has 0 aromatic carbocycles. The van der Waals surface area contributed by atoms with Gasteiger partial charge in [0.1, 0.15) is 0 Å². The van der Waals surface area contributed by atoms with Crippen molar-refractivity contribution >= 4 is 12.4 Å². The predicted molar refractivity (Wildman–Crippen MR) is 76.9 cm³/mol. The molecule has 0 spiro atoms. The molecule has 1 N–H and O–H groups in total. The maximum Gasteiger partial charge on any atom is 0.0116 e. The third kappa shape index (κ3) is 4.76. The second-order valence-electron chi connectivity index (χ2n) is 6.06. The van der Waals surface area contributed by atoms with E-state index in [4.69, 9.17) is 0 Å². The van der Waals surface area contributed by atoms with Crippen LogP contribution in [0.5, 0.6) is 0 Å². The van der Waals surface area contributed by atoms with Crippen molar-refractivity contribution in [1.29, 1.82) is 0 Å². The smallest absolute Gasteiger partial charge is 0.0116 e. The first-order valence-electron chi connectivity index (χ1n) is 7.16. The maximum absolute atomic E-state index is 3.45. The van der Waals surface area contributed by atoms with Gasteiger partial charge in [-0.05, 0) is 57.7 Å². The van der Waals surface area contributed by atoms with E-state index in [9.17, 15) is 0 Å². The summed E-state index contributed by atoms with van der Waals surface area (Å²) in [6, 6.07) is 0.846. The van der Waals surface area contributed by atoms with Gasteiger partial charge in [0.2, 0.25) is 0 Å². The molecule has 1 aliphatic carbocycles. The average Bonchev–Trinajstić information content (AvgIpc) is 2.30. The van der Waals surface area contributed by atoms with Crippen LogP contribution in [0.25, 0.3) is 0 Å². The van der Waals surface area contributed by atoms with E-state index in [1.165, 1.54) is 58.2 Å². The van der Waals surface area contributed by atoms with Crippen LogP contribution in [0.1, 0.15) is 45.4 Å². The summed E-state index contributed by atoms with van der Waals surface area (Å²) in [5.74, 6) is 1.95. The van der Waals surface area contributed by atoms with Gasteiger partial charge in [0.15, 0.2) is 0 Å². The molecule has 2 atom stereocenters. The Morgan fingerprint density at radius 1 is 1.12 bits per heavy atom. The highest BCUT2D eigenvalue weighted by Gasteiger charge is 2.23. The van der Waals surface area contributed by atoms with Crippen molar-refractivity contribution in [2.75, 3.05) is 26.7 Å². The van der Waals surface area contributed by atoms with Crippen molar-refractivity contribution in [1.82, 2.24) is 10.2 Å². The molecule has 1 saturated carbocycles. The Balaban J connectivity index is 0.00000144. The normalized spacial score (nSPS) is 31.2. The van der Waals surface area contributed by atoms with Crippen molar-refractivity contribution in [2.45, 2.75) is 51.5 Å². The van der Waals surface area contributed by atoms with Crippen LogP contribution in [0.15, 0.2) is 0 Å². The first kappa shape index (κ1) is 15.3. The SMILES string of the molecule is CC1CCCC(CN(C)C2CCNCC2)C1.Cl. The van der Waals surface area contributed by atoms with Crippen LogP contribution in [0.4, 0.5) is 0 Å². The molecule has 3 heteroatoms. The van der Waals surface area contributed by atoms with E-state index in [0.29, 0.717) is 0 Å². The van der Waals surface area contributed by atoms with E-state index in [2.05, 4.69) is 24.2 Å². The number of nitrogens with zero attached hydrogens (tertiary/aromatic N) is 1. The Hall–Kier alpha value is 0.210. The Morgan fingerprint density at radius 2 is 1.82 bits per heavy atom. The molecule has 17 heavy (non-hydrogen) atoms. The summed E-state index contributed by atoms with van der Waals surface area (Å²) >= 11 is 0. The lowest BCUT2D eigenvalue weighted by molar-refractivity contribution is 0.143. The van der Waals surface area contributed by atoms with Gasteiger partial charge in [-0.25, -0.2) is 0 Å². The van der Waals surface area contributed by atoms with E-state index >= 15 is 0 Å². The number of hydrogen-bond donors (Lipinski definition) is 1. The number of rotatable bonds is 3. The number of piperidine rings is 1. The minimum Gasteiger partial charge on any atom is -0.317 e. The van der Waals surface area contributed by atoms with E-state index < -0.39 is 0 Å². The summed E-state index contributed by atoms with van der Waals surface area (Å²) in [5.41, 5.74) is 0. The third-order valence-corrected chi connectivity index (χ3v) is 4.52. The zero-order chi connectivity index (χ0) is 11.4. The topological polar surface area (TPSA) is 15.3 Å². The Labute approximate surface area is 113 Å². The van der Waals surface area contributed by atoms with Gasteiger partial charge < -0.3 is 10.2 Å². The molecule has 0 aromatic rings. The molecule has 0 amide bonds. The molecule has 2 rings (SSSR count). The quantitative estimate of drug-likeness (QED) is 0.840. The van der Waals surface area contributed by atoms with Gasteiger partial charge in [-0.15, -0.1) is 12.4 Å². The van der Waals surface area contributed by atoms with Crippen molar-refractivity contribution in [3.8, 4) is 0 Å². The van der Waals surface area contributed by atoms with Crippen LogP contribution in [-0.4, -0.2) is 37.6 Å². The first-order valence-corrected chi connectivity index (χ1v) is 7.16. The van der Waals surface area contributed by atoms with E-state index in [-0.39, 0.29) is 12.4 Å². The van der Waals surface area contributed by atoms with Gasteiger partial charge in [0.05, 0.1) is 0 Å². The monoisotopic (exact) mass is 260 g/mol. The molecule has 2 nitrogen and oxygen atoms in total. The van der Waals surface area contributed by atoms with Crippen LogP contribution in [0.3, 0.4) is 0 Å². The fourth-order valence-corrected chi connectivity index (χ4v) is 3.53. The van der Waals surface area contributed by atoms with Gasteiger partial charge in [0, 0.05) is 12.6 Å². The second kappa shape index (κ2) is 7.60. The summed E-state index contributed by atoms with van der Waals surface area (Å²) in [6.07, 6.45) is 8.56. The van der Waals surface area contributed by atoms with Crippen LogP contribution >= 0.6 is 12.4 Å². The lowest BCUT2D eigenvalue weighted by Gasteiger charge is -2.36. The molecule has 2 aliphatic rings. The average molecular weight is 261 g/mol. The lowest BCUT2D eigenvalue weighted by Crippen LogP contribution is -2.43. The Bertz CT molecular complexity index is 204. The summed E-state index contributed by atoms with van der Waals surface area (Å²) in [6.45, 7) is 6.21. The number of halogens is 1. The fourth-order valence-electron chi connectivity index (χ4n) is 3.53. The molecular formula is C14H29ClN2. The number of nitrogens with one attached hydrogen (secondary N) is 1. The molecule has 0 radical (unpaired) electrons. The summed E-state index contributed by atoms with van der Waals surface area (Å²) in [5, 5.41) is 3.45. The van der Waals surface area contributed by atoms with Gasteiger partial charge in [-0.3, -0.25) is 0 Å². The fraction of sp³-hybridized carbons (Fsp3) is 1.00. The first-order chi connectivity index (χ1) is 7.75. The predicted octanol–water partition coefficient (Wildman–Crippen LogP) is 2.92. The molecule has 0 aromatic heterocycles. The van der Waals surface area contributed by atoms with Gasteiger partial charge >= 0.3 is 0 Å². The number of hydrogen-bond acceptors (Lipinski definition) is 2. The van der Waals surface area contributed by atoms with Crippen LogP contribution in [0.2, 0.25) is 0 Å². The maximum atomic E-state index is 3.45. The molecule has 0 bridgehead atoms. The third-order valence-electron chi connectivity index (χ3n) is 4.52. The van der Waals surface area contributed by atoms with Gasteiger partial charge in [0.25, 0.3) is 0 Å². The second-order valence-corrected chi connectivity index (χ2v) is 6.06. The summed E-state index contributed by atoms with van der Waals surface area (Å²) in [4.78, 5) is 2.64. The van der Waals surface area contributed by atoms with Crippen molar-refractivity contribution < 1.29 is 0 Å². The lowest BCUT2D eigenvalue weighted by atomic mass is 9.82. The van der Waals surface area contributed by atoms with E-state index in [1.54, 1.807) is 0 Å². The Kier molecular flexibility index (Phi) is 6.83. The summed E-state index contributed by atoms with van der Waals surface area (Å²) in [7, 11) is 2.34. The minimum absolute atomic E-state index is 0. The zero-order valence-electron chi connectivity index (χ0n) is 11.5. The molecule has 102 valence electrons. The molecule has 1 aliphatic heterocycles. The van der Waals surface area contributed by atoms with E-state index in [0.717, 1.165) is 17.9 Å². The van der Waals surface area contributed by atoms with Gasteiger partial charge in [-0.2, -0.15) is 0 Å². The standard InChI is InChI=1S/C14H28N2.ClH/c1-12-4-3-5-13(10-12)11-16(2)14-6-8-15-9-7-14;/h12-15H,3-11H2,1-2H3;1H. The van der Waals surface area contributed by atoms with Crippen LogP contribution < -0.4 is 5.32 Å². The Morgan fingerprint density at radius 3 is 2.47 bits per heavy atom. The van der Waals surface area contributed by atoms with Gasteiger partial charge in [-0.1, -0.05) is 19.8 Å². The van der Waals surface area contributed by atoms with Crippen molar-refractivity contribution in [2.24, 2.45) is 11.8 Å². The van der Waals surface area contributed by atoms with Crippen molar-refractivity contribution in [3.05, 3.63) is 0 Å². The van der Waals surface area contributed by atoms with Crippen LogP contribution in [0, 0.1) is 11.8 Å². The molecule has 2 unspecified atom stereocenters. The molecule has 1 saturated heterocycles. The zero-order valence-corrected chi connectivity index (χ0v) is 12.3. The molecule has 2 fully saturated rings. The minimum atomic E-state index is 0. The molecule has 1 heterocycles. The van der Waals surface area contributed by atoms with E-state index in [1.807, 2.05) is 0 Å². The molecular weight excluding hydrogens is 232 g/mol. The largest absolute Gasteiger partial charge is 0.317 e. The summed E-state index contributed by atoms with van der Waals surface area (Å²) < 4.78 is 0.